The monoisotopic (exact) mass is 372 g/mol. The highest BCUT2D eigenvalue weighted by atomic mass is 19.1. The SMILES string of the molecule is O=C1CCC(NC(=O)C2(Cc3cccc(F)c3)CCCCC2)C2(CCC2)N1. The zero-order valence-corrected chi connectivity index (χ0v) is 15.9. The first-order valence-corrected chi connectivity index (χ1v) is 10.4. The Morgan fingerprint density at radius 3 is 2.59 bits per heavy atom. The third-order valence-corrected chi connectivity index (χ3v) is 6.99. The number of amides is 2. The van der Waals surface area contributed by atoms with Crippen LogP contribution in [0.3, 0.4) is 0 Å². The van der Waals surface area contributed by atoms with Gasteiger partial charge in [0.15, 0.2) is 0 Å². The summed E-state index contributed by atoms with van der Waals surface area (Å²) in [6.07, 6.45) is 9.69. The molecule has 4 rings (SSSR count). The van der Waals surface area contributed by atoms with E-state index in [1.54, 1.807) is 12.1 Å². The highest BCUT2D eigenvalue weighted by molar-refractivity contribution is 5.84. The Hall–Kier alpha value is -1.91. The zero-order chi connectivity index (χ0) is 18.9. The molecule has 0 aromatic heterocycles. The second-order valence-electron chi connectivity index (χ2n) is 8.77. The van der Waals surface area contributed by atoms with Gasteiger partial charge < -0.3 is 10.6 Å². The van der Waals surface area contributed by atoms with Crippen LogP contribution in [0.25, 0.3) is 0 Å². The second-order valence-corrected chi connectivity index (χ2v) is 8.77. The molecule has 0 bridgehead atoms. The van der Waals surface area contributed by atoms with Gasteiger partial charge in [0.2, 0.25) is 11.8 Å². The molecule has 1 saturated heterocycles. The number of benzene rings is 1. The van der Waals surface area contributed by atoms with Crippen LogP contribution in [0.4, 0.5) is 4.39 Å². The van der Waals surface area contributed by atoms with Crippen LogP contribution < -0.4 is 10.6 Å². The van der Waals surface area contributed by atoms with Crippen molar-refractivity contribution in [1.29, 1.82) is 0 Å². The molecule has 1 aromatic rings. The number of rotatable bonds is 4. The minimum absolute atomic E-state index is 0.0164. The quantitative estimate of drug-likeness (QED) is 0.848. The Morgan fingerprint density at radius 1 is 1.15 bits per heavy atom. The normalized spacial score (nSPS) is 26.1. The van der Waals surface area contributed by atoms with Gasteiger partial charge in [0.25, 0.3) is 0 Å². The van der Waals surface area contributed by atoms with E-state index in [4.69, 9.17) is 0 Å². The van der Waals surface area contributed by atoms with Crippen LogP contribution >= 0.6 is 0 Å². The van der Waals surface area contributed by atoms with Gasteiger partial charge in [0, 0.05) is 6.42 Å². The van der Waals surface area contributed by atoms with E-state index in [0.29, 0.717) is 19.3 Å². The number of nitrogens with one attached hydrogen (secondary N) is 2. The van der Waals surface area contributed by atoms with Crippen molar-refractivity contribution >= 4 is 11.8 Å². The minimum Gasteiger partial charge on any atom is -0.351 e. The van der Waals surface area contributed by atoms with Crippen molar-refractivity contribution in [3.8, 4) is 0 Å². The van der Waals surface area contributed by atoms with Crippen LogP contribution in [-0.2, 0) is 16.0 Å². The molecule has 5 heteroatoms. The lowest BCUT2D eigenvalue weighted by molar-refractivity contribution is -0.138. The summed E-state index contributed by atoms with van der Waals surface area (Å²) >= 11 is 0. The summed E-state index contributed by atoms with van der Waals surface area (Å²) < 4.78 is 13.7. The van der Waals surface area contributed by atoms with Crippen LogP contribution in [0.2, 0.25) is 0 Å². The number of hydrogen-bond acceptors (Lipinski definition) is 2. The van der Waals surface area contributed by atoms with Crippen LogP contribution in [0.15, 0.2) is 24.3 Å². The second kappa shape index (κ2) is 7.25. The molecule has 4 nitrogen and oxygen atoms in total. The Labute approximate surface area is 160 Å². The molecular formula is C22H29FN2O2. The first-order valence-electron chi connectivity index (χ1n) is 10.4. The van der Waals surface area contributed by atoms with E-state index >= 15 is 0 Å². The van der Waals surface area contributed by atoms with Crippen LogP contribution in [-0.4, -0.2) is 23.4 Å². The van der Waals surface area contributed by atoms with Gasteiger partial charge in [-0.15, -0.1) is 0 Å². The topological polar surface area (TPSA) is 58.2 Å². The number of halogens is 1. The van der Waals surface area contributed by atoms with Crippen molar-refractivity contribution in [3.05, 3.63) is 35.6 Å². The molecule has 2 aliphatic carbocycles. The molecule has 1 heterocycles. The van der Waals surface area contributed by atoms with Gasteiger partial charge in [-0.3, -0.25) is 9.59 Å². The first-order chi connectivity index (χ1) is 13.0. The van der Waals surface area contributed by atoms with Crippen LogP contribution in [0, 0.1) is 11.2 Å². The lowest BCUT2D eigenvalue weighted by Gasteiger charge is -2.52. The summed E-state index contributed by atoms with van der Waals surface area (Å²) in [4.78, 5) is 25.4. The predicted octanol–water partition coefficient (Wildman–Crippen LogP) is 3.64. The fourth-order valence-corrected chi connectivity index (χ4v) is 5.28. The van der Waals surface area contributed by atoms with Crippen molar-refractivity contribution in [2.75, 3.05) is 0 Å². The average Bonchev–Trinajstić information content (AvgIpc) is 2.62. The summed E-state index contributed by atoms with van der Waals surface area (Å²) in [5.41, 5.74) is 0.195. The van der Waals surface area contributed by atoms with Gasteiger partial charge in [-0.1, -0.05) is 31.4 Å². The molecule has 0 radical (unpaired) electrons. The van der Waals surface area contributed by atoms with E-state index in [1.165, 1.54) is 6.07 Å². The van der Waals surface area contributed by atoms with Crippen LogP contribution in [0.5, 0.6) is 0 Å². The molecule has 27 heavy (non-hydrogen) atoms. The molecule has 1 aromatic carbocycles. The summed E-state index contributed by atoms with van der Waals surface area (Å²) in [5.74, 6) is -0.0477. The van der Waals surface area contributed by atoms with Gasteiger partial charge in [0.1, 0.15) is 5.82 Å². The Morgan fingerprint density at radius 2 is 1.93 bits per heavy atom. The van der Waals surface area contributed by atoms with E-state index in [-0.39, 0.29) is 29.2 Å². The lowest BCUT2D eigenvalue weighted by Crippen LogP contribution is -2.69. The van der Waals surface area contributed by atoms with Crippen LogP contribution in [0.1, 0.15) is 69.8 Å². The molecule has 1 aliphatic heterocycles. The van der Waals surface area contributed by atoms with Crippen molar-refractivity contribution in [2.45, 2.75) is 82.2 Å². The molecule has 2 saturated carbocycles. The summed E-state index contributed by atoms with van der Waals surface area (Å²) in [5, 5.41) is 6.48. The van der Waals surface area contributed by atoms with E-state index in [9.17, 15) is 14.0 Å². The summed E-state index contributed by atoms with van der Waals surface area (Å²) in [7, 11) is 0. The van der Waals surface area contributed by atoms with Gasteiger partial charge in [-0.05, 0) is 62.6 Å². The molecule has 146 valence electrons. The maximum Gasteiger partial charge on any atom is 0.226 e. The largest absolute Gasteiger partial charge is 0.351 e. The Balaban J connectivity index is 1.53. The molecule has 2 amide bonds. The third kappa shape index (κ3) is 3.61. The van der Waals surface area contributed by atoms with Gasteiger partial charge in [-0.2, -0.15) is 0 Å². The molecule has 2 N–H and O–H groups in total. The predicted molar refractivity (Wildman–Crippen MR) is 102 cm³/mol. The van der Waals surface area contributed by atoms with Gasteiger partial charge in [0.05, 0.1) is 17.0 Å². The van der Waals surface area contributed by atoms with Crippen molar-refractivity contribution in [1.82, 2.24) is 10.6 Å². The number of piperidine rings is 1. The first kappa shape index (κ1) is 18.5. The molecular weight excluding hydrogens is 343 g/mol. The molecule has 1 atom stereocenters. The average molecular weight is 372 g/mol. The molecule has 3 aliphatic rings. The zero-order valence-electron chi connectivity index (χ0n) is 15.9. The van der Waals surface area contributed by atoms with E-state index < -0.39 is 5.41 Å². The highest BCUT2D eigenvalue weighted by Gasteiger charge is 2.50. The van der Waals surface area contributed by atoms with Gasteiger partial charge >= 0.3 is 0 Å². The van der Waals surface area contributed by atoms with E-state index in [0.717, 1.165) is 56.9 Å². The van der Waals surface area contributed by atoms with E-state index in [1.807, 2.05) is 6.07 Å². The molecule has 3 fully saturated rings. The van der Waals surface area contributed by atoms with E-state index in [2.05, 4.69) is 10.6 Å². The number of carbonyl (C=O) groups is 2. The lowest BCUT2D eigenvalue weighted by atomic mass is 9.66. The fraction of sp³-hybridized carbons (Fsp3) is 0.636. The number of hydrogen-bond donors (Lipinski definition) is 2. The number of carbonyl (C=O) groups excluding carboxylic acids is 2. The van der Waals surface area contributed by atoms with Crippen molar-refractivity contribution < 1.29 is 14.0 Å². The molecule has 1 spiro atoms. The minimum atomic E-state index is -0.460. The maximum atomic E-state index is 13.7. The summed E-state index contributed by atoms with van der Waals surface area (Å²) in [6.45, 7) is 0. The van der Waals surface area contributed by atoms with Crippen molar-refractivity contribution in [3.63, 3.8) is 0 Å². The molecule has 1 unspecified atom stereocenters. The summed E-state index contributed by atoms with van der Waals surface area (Å²) in [6, 6.07) is 6.66. The highest BCUT2D eigenvalue weighted by Crippen LogP contribution is 2.42. The van der Waals surface area contributed by atoms with Gasteiger partial charge in [-0.25, -0.2) is 4.39 Å². The van der Waals surface area contributed by atoms with Crippen molar-refractivity contribution in [2.24, 2.45) is 5.41 Å². The standard InChI is InChI=1S/C22H29FN2O2/c23-17-7-4-6-16(14-17)15-21(10-2-1-3-11-21)20(27)24-18-8-9-19(26)25-22(18)12-5-13-22/h4,6-7,14,18H,1-3,5,8-13,15H2,(H,24,27)(H,25,26). The fourth-order valence-electron chi connectivity index (χ4n) is 5.28. The Kier molecular flexibility index (Phi) is 4.95. The Bertz CT molecular complexity index is 723. The smallest absolute Gasteiger partial charge is 0.226 e. The third-order valence-electron chi connectivity index (χ3n) is 6.99. The maximum absolute atomic E-state index is 13.7.